The van der Waals surface area contributed by atoms with Crippen LogP contribution in [0.3, 0.4) is 0 Å². The zero-order valence-corrected chi connectivity index (χ0v) is 9.77. The quantitative estimate of drug-likeness (QED) is 0.664. The maximum absolute atomic E-state index is 13.8. The minimum atomic E-state index is -0.431. The highest BCUT2D eigenvalue weighted by molar-refractivity contribution is 5.81. The van der Waals surface area contributed by atoms with Gasteiger partial charge in [0.1, 0.15) is 11.3 Å². The summed E-state index contributed by atoms with van der Waals surface area (Å²) in [7, 11) is 0. The van der Waals surface area contributed by atoms with E-state index in [1.807, 2.05) is 19.1 Å². The highest BCUT2D eigenvalue weighted by atomic mass is 19.1. The van der Waals surface area contributed by atoms with Crippen LogP contribution in [0.2, 0.25) is 0 Å². The summed E-state index contributed by atoms with van der Waals surface area (Å²) in [6.45, 7) is 1.93. The number of hydrogen-bond donors (Lipinski definition) is 1. The molecule has 0 bridgehead atoms. The lowest BCUT2D eigenvalue weighted by molar-refractivity contribution is 0.594. The maximum atomic E-state index is 13.8. The number of rotatable bonds is 1. The summed E-state index contributed by atoms with van der Waals surface area (Å²) in [5, 5.41) is 0. The van der Waals surface area contributed by atoms with Crippen molar-refractivity contribution in [3.8, 4) is 11.5 Å². The molecule has 2 N–H and O–H groups in total. The molecule has 0 atom stereocenters. The number of hydrogen-bond acceptors (Lipinski definition) is 3. The van der Waals surface area contributed by atoms with Gasteiger partial charge in [0, 0.05) is 5.69 Å². The van der Waals surface area contributed by atoms with Gasteiger partial charge in [0.25, 0.3) is 0 Å². The van der Waals surface area contributed by atoms with Crippen LogP contribution >= 0.6 is 0 Å². The van der Waals surface area contributed by atoms with Gasteiger partial charge in [0.2, 0.25) is 5.89 Å². The van der Waals surface area contributed by atoms with Gasteiger partial charge in [0.05, 0.1) is 5.56 Å². The van der Waals surface area contributed by atoms with Crippen molar-refractivity contribution in [1.82, 2.24) is 4.98 Å². The number of nitrogen functional groups attached to an aromatic ring is 1. The van der Waals surface area contributed by atoms with Crippen LogP contribution in [0.4, 0.5) is 10.1 Å². The smallest absolute Gasteiger partial charge is 0.232 e. The summed E-state index contributed by atoms with van der Waals surface area (Å²) in [6, 6.07) is 10.1. The van der Waals surface area contributed by atoms with Crippen LogP contribution in [0.25, 0.3) is 22.6 Å². The Bertz CT molecular complexity index is 713. The first kappa shape index (κ1) is 10.8. The SMILES string of the molecule is Cc1cccc2oc(-c3c(N)cccc3F)nc12. The molecule has 4 heteroatoms. The maximum Gasteiger partial charge on any atom is 0.232 e. The Labute approximate surface area is 103 Å². The summed E-state index contributed by atoms with van der Waals surface area (Å²) in [4.78, 5) is 4.32. The molecule has 0 saturated heterocycles. The Balaban J connectivity index is 2.30. The molecule has 0 spiro atoms. The zero-order chi connectivity index (χ0) is 12.7. The lowest BCUT2D eigenvalue weighted by Crippen LogP contribution is -1.93. The second-order valence-corrected chi connectivity index (χ2v) is 4.14. The van der Waals surface area contributed by atoms with Crippen molar-refractivity contribution >= 4 is 16.8 Å². The summed E-state index contributed by atoms with van der Waals surface area (Å²) in [5.41, 5.74) is 8.66. The molecule has 2 aromatic carbocycles. The number of nitrogens with zero attached hydrogens (tertiary/aromatic N) is 1. The van der Waals surface area contributed by atoms with Crippen molar-refractivity contribution in [3.05, 3.63) is 47.8 Å². The number of aromatic nitrogens is 1. The van der Waals surface area contributed by atoms with E-state index in [2.05, 4.69) is 4.98 Å². The van der Waals surface area contributed by atoms with Gasteiger partial charge in [-0.25, -0.2) is 9.37 Å². The fourth-order valence-corrected chi connectivity index (χ4v) is 1.96. The third-order valence-electron chi connectivity index (χ3n) is 2.88. The standard InChI is InChI=1S/C14H11FN2O/c1-8-4-2-7-11-13(8)17-14(18-11)12-9(15)5-3-6-10(12)16/h2-7H,16H2,1H3. The van der Waals surface area contributed by atoms with Crippen molar-refractivity contribution in [2.24, 2.45) is 0 Å². The van der Waals surface area contributed by atoms with E-state index in [0.717, 1.165) is 11.1 Å². The molecular weight excluding hydrogens is 231 g/mol. The summed E-state index contributed by atoms with van der Waals surface area (Å²) >= 11 is 0. The second kappa shape index (κ2) is 3.84. The molecule has 0 fully saturated rings. The zero-order valence-electron chi connectivity index (χ0n) is 9.77. The normalized spacial score (nSPS) is 11.0. The van der Waals surface area contributed by atoms with Crippen molar-refractivity contribution < 1.29 is 8.81 Å². The summed E-state index contributed by atoms with van der Waals surface area (Å²) in [5.74, 6) is -0.214. The van der Waals surface area contributed by atoms with Crippen LogP contribution in [0.15, 0.2) is 40.8 Å². The lowest BCUT2D eigenvalue weighted by Gasteiger charge is -2.01. The van der Waals surface area contributed by atoms with Gasteiger partial charge in [-0.05, 0) is 30.7 Å². The average molecular weight is 242 g/mol. The monoisotopic (exact) mass is 242 g/mol. The topological polar surface area (TPSA) is 52.0 Å². The van der Waals surface area contributed by atoms with E-state index in [4.69, 9.17) is 10.2 Å². The van der Waals surface area contributed by atoms with E-state index in [0.29, 0.717) is 11.3 Å². The van der Waals surface area contributed by atoms with Gasteiger partial charge in [-0.2, -0.15) is 0 Å². The lowest BCUT2D eigenvalue weighted by atomic mass is 10.1. The van der Waals surface area contributed by atoms with E-state index in [-0.39, 0.29) is 11.5 Å². The first-order valence-corrected chi connectivity index (χ1v) is 5.57. The minimum Gasteiger partial charge on any atom is -0.436 e. The first-order chi connectivity index (χ1) is 8.66. The largest absolute Gasteiger partial charge is 0.436 e. The molecule has 1 heterocycles. The van der Waals surface area contributed by atoms with Crippen LogP contribution in [-0.2, 0) is 0 Å². The van der Waals surface area contributed by atoms with E-state index in [9.17, 15) is 4.39 Å². The van der Waals surface area contributed by atoms with E-state index in [1.54, 1.807) is 18.2 Å². The van der Waals surface area contributed by atoms with Gasteiger partial charge in [0.15, 0.2) is 5.58 Å². The highest BCUT2D eigenvalue weighted by Gasteiger charge is 2.16. The third kappa shape index (κ3) is 1.54. The molecule has 18 heavy (non-hydrogen) atoms. The molecule has 0 amide bonds. The summed E-state index contributed by atoms with van der Waals surface area (Å²) in [6.07, 6.45) is 0. The molecule has 90 valence electrons. The molecule has 0 aliphatic heterocycles. The molecule has 0 unspecified atom stereocenters. The van der Waals surface area contributed by atoms with Crippen LogP contribution in [-0.4, -0.2) is 4.98 Å². The second-order valence-electron chi connectivity index (χ2n) is 4.14. The molecule has 3 aromatic rings. The number of halogens is 1. The van der Waals surface area contributed by atoms with E-state index >= 15 is 0 Å². The van der Waals surface area contributed by atoms with Crippen LogP contribution < -0.4 is 5.73 Å². The minimum absolute atomic E-state index is 0.216. The number of benzene rings is 2. The predicted molar refractivity (Wildman–Crippen MR) is 68.6 cm³/mol. The van der Waals surface area contributed by atoms with Crippen molar-refractivity contribution in [3.63, 3.8) is 0 Å². The van der Waals surface area contributed by atoms with Crippen molar-refractivity contribution in [2.75, 3.05) is 5.73 Å². The highest BCUT2D eigenvalue weighted by Crippen LogP contribution is 2.31. The van der Waals surface area contributed by atoms with Crippen molar-refractivity contribution in [1.29, 1.82) is 0 Å². The number of para-hydroxylation sites is 1. The first-order valence-electron chi connectivity index (χ1n) is 5.57. The van der Waals surface area contributed by atoms with Gasteiger partial charge in [-0.1, -0.05) is 18.2 Å². The van der Waals surface area contributed by atoms with Gasteiger partial charge >= 0.3 is 0 Å². The van der Waals surface area contributed by atoms with Crippen LogP contribution in [0, 0.1) is 12.7 Å². The van der Waals surface area contributed by atoms with E-state index in [1.165, 1.54) is 6.07 Å². The molecule has 0 saturated carbocycles. The fourth-order valence-electron chi connectivity index (χ4n) is 1.96. The van der Waals surface area contributed by atoms with Gasteiger partial charge in [-0.3, -0.25) is 0 Å². The Morgan fingerprint density at radius 2 is 1.94 bits per heavy atom. The molecule has 0 aliphatic carbocycles. The molecule has 0 radical (unpaired) electrons. The molecular formula is C14H11FN2O. The fraction of sp³-hybridized carbons (Fsp3) is 0.0714. The summed E-state index contributed by atoms with van der Waals surface area (Å²) < 4.78 is 19.4. The van der Waals surface area contributed by atoms with Gasteiger partial charge in [-0.15, -0.1) is 0 Å². The van der Waals surface area contributed by atoms with Crippen LogP contribution in [0.5, 0.6) is 0 Å². The predicted octanol–water partition coefficient (Wildman–Crippen LogP) is 3.52. The van der Waals surface area contributed by atoms with Crippen LogP contribution in [0.1, 0.15) is 5.56 Å². The number of aryl methyl sites for hydroxylation is 1. The van der Waals surface area contributed by atoms with Crippen molar-refractivity contribution in [2.45, 2.75) is 6.92 Å². The van der Waals surface area contributed by atoms with Gasteiger partial charge < -0.3 is 10.2 Å². The third-order valence-corrected chi connectivity index (χ3v) is 2.88. The Morgan fingerprint density at radius 1 is 1.17 bits per heavy atom. The Kier molecular flexibility index (Phi) is 2.30. The Morgan fingerprint density at radius 3 is 2.67 bits per heavy atom. The van der Waals surface area contributed by atoms with E-state index < -0.39 is 5.82 Å². The number of anilines is 1. The average Bonchev–Trinajstić information content (AvgIpc) is 2.74. The molecule has 1 aromatic heterocycles. The Hall–Kier alpha value is -2.36. The number of oxazole rings is 1. The number of fused-ring (bicyclic) bond motifs is 1. The molecule has 3 rings (SSSR count). The molecule has 3 nitrogen and oxygen atoms in total. The molecule has 0 aliphatic rings. The number of nitrogens with two attached hydrogens (primary N) is 1.